The third-order valence-electron chi connectivity index (χ3n) is 1.70. The molecule has 0 aromatic carbocycles. The lowest BCUT2D eigenvalue weighted by Gasteiger charge is -2.12. The lowest BCUT2D eigenvalue weighted by Crippen LogP contribution is -2.21. The van der Waals surface area contributed by atoms with Crippen LogP contribution in [-0.4, -0.2) is 27.3 Å². The summed E-state index contributed by atoms with van der Waals surface area (Å²) in [5, 5.41) is 3.90. The van der Waals surface area contributed by atoms with E-state index >= 15 is 0 Å². The maximum Gasteiger partial charge on any atom is 0.330 e. The zero-order valence-electron chi connectivity index (χ0n) is 7.80. The van der Waals surface area contributed by atoms with E-state index in [2.05, 4.69) is 10.1 Å². The first-order valence-electron chi connectivity index (χ1n) is 4.30. The van der Waals surface area contributed by atoms with Gasteiger partial charge >= 0.3 is 5.97 Å². The van der Waals surface area contributed by atoms with Crippen LogP contribution in [0.5, 0.6) is 0 Å². The SMILES string of the molecule is CCOC(=O)C(CC)n1cncn1. The minimum atomic E-state index is -0.345. The Hall–Kier alpha value is -1.39. The first-order valence-corrected chi connectivity index (χ1v) is 4.30. The van der Waals surface area contributed by atoms with Crippen LogP contribution in [0.4, 0.5) is 0 Å². The Morgan fingerprint density at radius 3 is 2.85 bits per heavy atom. The van der Waals surface area contributed by atoms with E-state index in [0.717, 1.165) is 0 Å². The van der Waals surface area contributed by atoms with Crippen molar-refractivity contribution in [2.75, 3.05) is 6.61 Å². The number of carbonyl (C=O) groups excluding carboxylic acids is 1. The van der Waals surface area contributed by atoms with Gasteiger partial charge in [0, 0.05) is 0 Å². The van der Waals surface area contributed by atoms with Crippen LogP contribution in [0.15, 0.2) is 12.7 Å². The summed E-state index contributed by atoms with van der Waals surface area (Å²) in [6.07, 6.45) is 3.58. The Labute approximate surface area is 76.7 Å². The monoisotopic (exact) mass is 183 g/mol. The smallest absolute Gasteiger partial charge is 0.330 e. The number of aromatic nitrogens is 3. The minimum absolute atomic E-state index is 0.254. The standard InChI is InChI=1S/C8H13N3O2/c1-3-7(8(12)13-4-2)11-6-9-5-10-11/h5-7H,3-4H2,1-2H3. The van der Waals surface area contributed by atoms with Crippen LogP contribution in [0.25, 0.3) is 0 Å². The van der Waals surface area contributed by atoms with Gasteiger partial charge in [0.15, 0.2) is 6.04 Å². The molecule has 1 aromatic heterocycles. The highest BCUT2D eigenvalue weighted by Crippen LogP contribution is 2.10. The summed E-state index contributed by atoms with van der Waals surface area (Å²) in [5.41, 5.74) is 0. The molecule has 0 aliphatic rings. The van der Waals surface area contributed by atoms with E-state index in [1.165, 1.54) is 17.3 Å². The van der Waals surface area contributed by atoms with Crippen molar-refractivity contribution in [1.29, 1.82) is 0 Å². The van der Waals surface area contributed by atoms with Crippen molar-refractivity contribution in [2.24, 2.45) is 0 Å². The molecular weight excluding hydrogens is 170 g/mol. The van der Waals surface area contributed by atoms with Gasteiger partial charge in [-0.05, 0) is 13.3 Å². The molecule has 0 saturated carbocycles. The number of ether oxygens (including phenoxy) is 1. The van der Waals surface area contributed by atoms with Gasteiger partial charge in [0.25, 0.3) is 0 Å². The van der Waals surface area contributed by atoms with E-state index in [-0.39, 0.29) is 12.0 Å². The molecule has 0 fully saturated rings. The molecule has 0 bridgehead atoms. The topological polar surface area (TPSA) is 57.0 Å². The molecule has 13 heavy (non-hydrogen) atoms. The molecule has 1 heterocycles. The second-order valence-corrected chi connectivity index (χ2v) is 2.55. The number of hydrogen-bond donors (Lipinski definition) is 0. The largest absolute Gasteiger partial charge is 0.464 e. The van der Waals surface area contributed by atoms with E-state index in [0.29, 0.717) is 13.0 Å². The van der Waals surface area contributed by atoms with Gasteiger partial charge in [-0.1, -0.05) is 6.92 Å². The highest BCUT2D eigenvalue weighted by Gasteiger charge is 2.19. The van der Waals surface area contributed by atoms with E-state index in [1.807, 2.05) is 6.92 Å². The number of carbonyl (C=O) groups is 1. The molecule has 0 spiro atoms. The van der Waals surface area contributed by atoms with Gasteiger partial charge in [0.1, 0.15) is 12.7 Å². The second-order valence-electron chi connectivity index (χ2n) is 2.55. The molecule has 5 nitrogen and oxygen atoms in total. The van der Waals surface area contributed by atoms with Crippen molar-refractivity contribution in [2.45, 2.75) is 26.3 Å². The predicted molar refractivity (Wildman–Crippen MR) is 46.0 cm³/mol. The fraction of sp³-hybridized carbons (Fsp3) is 0.625. The molecule has 0 N–H and O–H groups in total. The zero-order valence-corrected chi connectivity index (χ0v) is 7.80. The number of nitrogens with zero attached hydrogens (tertiary/aromatic N) is 3. The van der Waals surface area contributed by atoms with E-state index in [4.69, 9.17) is 4.74 Å². The Morgan fingerprint density at radius 2 is 2.38 bits per heavy atom. The van der Waals surface area contributed by atoms with Crippen molar-refractivity contribution in [3.8, 4) is 0 Å². The molecule has 5 heteroatoms. The first kappa shape index (κ1) is 9.70. The van der Waals surface area contributed by atoms with Crippen LogP contribution in [0.1, 0.15) is 26.3 Å². The first-order chi connectivity index (χ1) is 6.29. The highest BCUT2D eigenvalue weighted by atomic mass is 16.5. The Morgan fingerprint density at radius 1 is 1.62 bits per heavy atom. The van der Waals surface area contributed by atoms with Crippen LogP contribution in [0.3, 0.4) is 0 Å². The number of rotatable bonds is 4. The van der Waals surface area contributed by atoms with Crippen LogP contribution in [0, 0.1) is 0 Å². The number of hydrogen-bond acceptors (Lipinski definition) is 4. The summed E-state index contributed by atoms with van der Waals surface area (Å²) in [4.78, 5) is 15.1. The maximum atomic E-state index is 11.4. The zero-order chi connectivity index (χ0) is 9.68. The van der Waals surface area contributed by atoms with Gasteiger partial charge in [-0.2, -0.15) is 5.10 Å². The van der Waals surface area contributed by atoms with Gasteiger partial charge in [0.05, 0.1) is 6.61 Å². The highest BCUT2D eigenvalue weighted by molar-refractivity contribution is 5.73. The molecule has 0 aliphatic carbocycles. The van der Waals surface area contributed by atoms with Crippen molar-refractivity contribution < 1.29 is 9.53 Å². The molecule has 0 radical (unpaired) electrons. The van der Waals surface area contributed by atoms with Crippen molar-refractivity contribution in [3.05, 3.63) is 12.7 Å². The van der Waals surface area contributed by atoms with Gasteiger partial charge in [-0.15, -0.1) is 0 Å². The minimum Gasteiger partial charge on any atom is -0.464 e. The van der Waals surface area contributed by atoms with Crippen molar-refractivity contribution in [1.82, 2.24) is 14.8 Å². The normalized spacial score (nSPS) is 12.5. The van der Waals surface area contributed by atoms with E-state index in [1.54, 1.807) is 6.92 Å². The quantitative estimate of drug-likeness (QED) is 0.647. The second kappa shape index (κ2) is 4.59. The molecule has 1 rings (SSSR count). The Kier molecular flexibility index (Phi) is 3.42. The fourth-order valence-corrected chi connectivity index (χ4v) is 1.08. The summed E-state index contributed by atoms with van der Waals surface area (Å²) in [6, 6.07) is -0.345. The Balaban J connectivity index is 2.68. The van der Waals surface area contributed by atoms with E-state index < -0.39 is 0 Å². The fourth-order valence-electron chi connectivity index (χ4n) is 1.08. The molecule has 1 unspecified atom stereocenters. The summed E-state index contributed by atoms with van der Waals surface area (Å²) in [6.45, 7) is 4.08. The van der Waals surface area contributed by atoms with Gasteiger partial charge in [0.2, 0.25) is 0 Å². The lowest BCUT2D eigenvalue weighted by atomic mass is 10.2. The molecule has 0 amide bonds. The van der Waals surface area contributed by atoms with Crippen LogP contribution >= 0.6 is 0 Å². The molecule has 1 aromatic rings. The molecule has 0 saturated heterocycles. The van der Waals surface area contributed by atoms with Gasteiger partial charge in [-0.25, -0.2) is 14.5 Å². The van der Waals surface area contributed by atoms with Gasteiger partial charge < -0.3 is 4.74 Å². The lowest BCUT2D eigenvalue weighted by molar-refractivity contribution is -0.147. The average Bonchev–Trinajstić information content (AvgIpc) is 2.59. The summed E-state index contributed by atoms with van der Waals surface area (Å²) in [7, 11) is 0. The van der Waals surface area contributed by atoms with E-state index in [9.17, 15) is 4.79 Å². The summed E-state index contributed by atoms with van der Waals surface area (Å²) in [5.74, 6) is -0.254. The summed E-state index contributed by atoms with van der Waals surface area (Å²) < 4.78 is 6.40. The third kappa shape index (κ3) is 2.27. The molecule has 0 aliphatic heterocycles. The molecule has 72 valence electrons. The van der Waals surface area contributed by atoms with Crippen LogP contribution in [0.2, 0.25) is 0 Å². The molecule has 1 atom stereocenters. The Bertz CT molecular complexity index is 258. The maximum absolute atomic E-state index is 11.4. The van der Waals surface area contributed by atoms with Crippen LogP contribution < -0.4 is 0 Å². The van der Waals surface area contributed by atoms with Crippen LogP contribution in [-0.2, 0) is 9.53 Å². The predicted octanol–water partition coefficient (Wildman–Crippen LogP) is 0.792. The van der Waals surface area contributed by atoms with Crippen molar-refractivity contribution in [3.63, 3.8) is 0 Å². The average molecular weight is 183 g/mol. The van der Waals surface area contributed by atoms with Crippen molar-refractivity contribution >= 4 is 5.97 Å². The van der Waals surface area contributed by atoms with Gasteiger partial charge in [-0.3, -0.25) is 0 Å². The summed E-state index contributed by atoms with van der Waals surface area (Å²) >= 11 is 0. The molecular formula is C8H13N3O2. The third-order valence-corrected chi connectivity index (χ3v) is 1.70. The number of esters is 1.